The normalized spacial score (nSPS) is 12.0. The molecule has 0 nitrogen and oxygen atoms in total. The van der Waals surface area contributed by atoms with E-state index in [0.29, 0.717) is 5.41 Å². The van der Waals surface area contributed by atoms with Crippen molar-refractivity contribution in [3.63, 3.8) is 0 Å². The Bertz CT molecular complexity index is 240. The summed E-state index contributed by atoms with van der Waals surface area (Å²) < 4.78 is 0. The molecule has 1 radical (unpaired) electrons. The molecular weight excluding hydrogens is 300 g/mol. The summed E-state index contributed by atoms with van der Waals surface area (Å²) in [5.41, 5.74) is 0.336. The van der Waals surface area contributed by atoms with E-state index in [9.17, 15) is 0 Å². The van der Waals surface area contributed by atoms with E-state index in [1.807, 2.05) is 0 Å². The van der Waals surface area contributed by atoms with E-state index >= 15 is 0 Å². The molecule has 0 heterocycles. The highest BCUT2D eigenvalue weighted by atomic mass is 14.2. The average Bonchev–Trinajstić information content (AvgIpc) is 2.59. The van der Waals surface area contributed by atoms with E-state index in [2.05, 4.69) is 27.7 Å². The number of unbranched alkanes of at least 4 members (excludes halogenated alkanes) is 16. The standard InChI is InChI=1S/C25H51/c1-5-7-9-11-13-15-16-18-20-22-24-25(3,4)23-21-19-17-14-12-10-8-6-2/h3,5-24H2,1-2,4H3. The second kappa shape index (κ2) is 18.8. The Morgan fingerprint density at radius 3 is 0.960 bits per heavy atom. The highest BCUT2D eigenvalue weighted by Crippen LogP contribution is 2.30. The molecule has 0 aliphatic carbocycles. The second-order valence-electron chi connectivity index (χ2n) is 8.97. The van der Waals surface area contributed by atoms with Crippen molar-refractivity contribution in [3.05, 3.63) is 6.92 Å². The minimum atomic E-state index is 0.336. The highest BCUT2D eigenvalue weighted by molar-refractivity contribution is 4.76. The van der Waals surface area contributed by atoms with Crippen LogP contribution in [0.4, 0.5) is 0 Å². The van der Waals surface area contributed by atoms with Crippen LogP contribution in [0, 0.1) is 12.3 Å². The predicted octanol–water partition coefficient (Wildman–Crippen LogP) is 9.67. The monoisotopic (exact) mass is 351 g/mol. The van der Waals surface area contributed by atoms with Crippen LogP contribution in [0.5, 0.6) is 0 Å². The van der Waals surface area contributed by atoms with Gasteiger partial charge in [-0.1, -0.05) is 136 Å². The van der Waals surface area contributed by atoms with Crippen molar-refractivity contribution in [1.82, 2.24) is 0 Å². The van der Waals surface area contributed by atoms with Crippen molar-refractivity contribution in [2.75, 3.05) is 0 Å². The third-order valence-corrected chi connectivity index (χ3v) is 5.77. The fourth-order valence-corrected chi connectivity index (χ4v) is 3.85. The lowest BCUT2D eigenvalue weighted by Gasteiger charge is -2.24. The molecule has 151 valence electrons. The molecule has 0 saturated carbocycles. The number of hydrogen-bond donors (Lipinski definition) is 0. The quantitative estimate of drug-likeness (QED) is 0.191. The average molecular weight is 352 g/mol. The summed E-state index contributed by atoms with van der Waals surface area (Å²) in [6.45, 7) is 11.5. The lowest BCUT2D eigenvalue weighted by Crippen LogP contribution is -2.11. The Labute approximate surface area is 161 Å². The molecule has 0 aromatic carbocycles. The van der Waals surface area contributed by atoms with Crippen molar-refractivity contribution < 1.29 is 0 Å². The van der Waals surface area contributed by atoms with Gasteiger partial charge in [0, 0.05) is 0 Å². The maximum atomic E-state index is 4.50. The zero-order valence-electron chi connectivity index (χ0n) is 18.3. The van der Waals surface area contributed by atoms with Gasteiger partial charge in [-0.15, -0.1) is 0 Å². The first-order valence-corrected chi connectivity index (χ1v) is 12.0. The Hall–Kier alpha value is 0. The molecule has 0 saturated heterocycles. The van der Waals surface area contributed by atoms with Crippen molar-refractivity contribution in [3.8, 4) is 0 Å². The Kier molecular flexibility index (Phi) is 18.8. The van der Waals surface area contributed by atoms with Gasteiger partial charge < -0.3 is 0 Å². The van der Waals surface area contributed by atoms with Gasteiger partial charge in [0.15, 0.2) is 0 Å². The van der Waals surface area contributed by atoms with E-state index in [1.54, 1.807) is 0 Å². The van der Waals surface area contributed by atoms with Crippen LogP contribution >= 0.6 is 0 Å². The smallest absolute Gasteiger partial charge is 0.0326 e. The molecule has 0 aliphatic rings. The largest absolute Gasteiger partial charge is 0.0654 e. The molecule has 25 heavy (non-hydrogen) atoms. The summed E-state index contributed by atoms with van der Waals surface area (Å²) in [7, 11) is 0. The van der Waals surface area contributed by atoms with E-state index in [4.69, 9.17) is 0 Å². The van der Waals surface area contributed by atoms with Crippen LogP contribution in [0.1, 0.15) is 149 Å². The molecule has 0 aromatic rings. The minimum absolute atomic E-state index is 0.336. The molecule has 0 N–H and O–H groups in total. The third-order valence-electron chi connectivity index (χ3n) is 5.77. The number of hydrogen-bond acceptors (Lipinski definition) is 0. The lowest BCUT2D eigenvalue weighted by atomic mass is 9.82. The zero-order valence-corrected chi connectivity index (χ0v) is 18.3. The number of rotatable bonds is 20. The van der Waals surface area contributed by atoms with Crippen LogP contribution in [0.2, 0.25) is 0 Å². The fraction of sp³-hybridized carbons (Fsp3) is 0.960. The van der Waals surface area contributed by atoms with Crippen molar-refractivity contribution in [2.45, 2.75) is 149 Å². The second-order valence-corrected chi connectivity index (χ2v) is 8.97. The van der Waals surface area contributed by atoms with Gasteiger partial charge in [-0.3, -0.25) is 0 Å². The SMILES string of the molecule is [CH2]C(C)(CCCCCCCCCC)CCCCCCCCCCCC. The first-order chi connectivity index (χ1) is 12.1. The van der Waals surface area contributed by atoms with Gasteiger partial charge in [0.2, 0.25) is 0 Å². The van der Waals surface area contributed by atoms with Gasteiger partial charge in [-0.2, -0.15) is 0 Å². The van der Waals surface area contributed by atoms with Crippen LogP contribution in [0.3, 0.4) is 0 Å². The molecule has 0 fully saturated rings. The van der Waals surface area contributed by atoms with Crippen LogP contribution < -0.4 is 0 Å². The van der Waals surface area contributed by atoms with Gasteiger partial charge in [-0.25, -0.2) is 0 Å². The molecule has 0 aliphatic heterocycles. The lowest BCUT2D eigenvalue weighted by molar-refractivity contribution is 0.323. The van der Waals surface area contributed by atoms with Gasteiger partial charge >= 0.3 is 0 Å². The zero-order chi connectivity index (χ0) is 18.6. The van der Waals surface area contributed by atoms with Gasteiger partial charge in [0.25, 0.3) is 0 Å². The molecule has 1 unspecified atom stereocenters. The van der Waals surface area contributed by atoms with Gasteiger partial charge in [0.05, 0.1) is 0 Å². The maximum Gasteiger partial charge on any atom is -0.0326 e. The summed E-state index contributed by atoms with van der Waals surface area (Å²) in [5.74, 6) is 0. The van der Waals surface area contributed by atoms with E-state index in [1.165, 1.54) is 128 Å². The molecule has 0 rings (SSSR count). The molecular formula is C25H51. The first kappa shape index (κ1) is 25.0. The van der Waals surface area contributed by atoms with Crippen LogP contribution in [-0.4, -0.2) is 0 Å². The Morgan fingerprint density at radius 2 is 0.680 bits per heavy atom. The molecule has 0 amide bonds. The van der Waals surface area contributed by atoms with Crippen LogP contribution in [0.25, 0.3) is 0 Å². The van der Waals surface area contributed by atoms with E-state index < -0.39 is 0 Å². The molecule has 0 bridgehead atoms. The Morgan fingerprint density at radius 1 is 0.440 bits per heavy atom. The summed E-state index contributed by atoms with van der Waals surface area (Å²) >= 11 is 0. The van der Waals surface area contributed by atoms with Crippen LogP contribution in [-0.2, 0) is 0 Å². The predicted molar refractivity (Wildman–Crippen MR) is 117 cm³/mol. The fourth-order valence-electron chi connectivity index (χ4n) is 3.85. The summed E-state index contributed by atoms with van der Waals surface area (Å²) in [5, 5.41) is 0. The van der Waals surface area contributed by atoms with Crippen molar-refractivity contribution in [1.29, 1.82) is 0 Å². The third kappa shape index (κ3) is 20.2. The van der Waals surface area contributed by atoms with E-state index in [-0.39, 0.29) is 0 Å². The summed E-state index contributed by atoms with van der Waals surface area (Å²) in [6, 6.07) is 0. The topological polar surface area (TPSA) is 0 Å². The van der Waals surface area contributed by atoms with E-state index in [0.717, 1.165) is 0 Å². The minimum Gasteiger partial charge on any atom is -0.0654 e. The van der Waals surface area contributed by atoms with Gasteiger partial charge in [0.1, 0.15) is 0 Å². The van der Waals surface area contributed by atoms with Crippen LogP contribution in [0.15, 0.2) is 0 Å². The first-order valence-electron chi connectivity index (χ1n) is 12.0. The Balaban J connectivity index is 3.32. The molecule has 0 heteroatoms. The van der Waals surface area contributed by atoms with Gasteiger partial charge in [-0.05, 0) is 25.2 Å². The molecule has 1 atom stereocenters. The summed E-state index contributed by atoms with van der Waals surface area (Å²) in [6.07, 6.45) is 28.4. The molecule has 0 spiro atoms. The maximum absolute atomic E-state index is 4.50. The summed E-state index contributed by atoms with van der Waals surface area (Å²) in [4.78, 5) is 0. The van der Waals surface area contributed by atoms with Crippen molar-refractivity contribution >= 4 is 0 Å². The molecule has 0 aromatic heterocycles. The highest BCUT2D eigenvalue weighted by Gasteiger charge is 2.16. The van der Waals surface area contributed by atoms with Crippen molar-refractivity contribution in [2.24, 2.45) is 5.41 Å².